The van der Waals surface area contributed by atoms with Crippen LogP contribution in [0.4, 0.5) is 0 Å². The number of aryl methyl sites for hydroxylation is 1. The summed E-state index contributed by atoms with van der Waals surface area (Å²) in [7, 11) is -1.59. The van der Waals surface area contributed by atoms with Gasteiger partial charge >= 0.3 is 0 Å². The molecule has 1 aliphatic heterocycles. The summed E-state index contributed by atoms with van der Waals surface area (Å²) in [5.74, 6) is 0. The van der Waals surface area contributed by atoms with Crippen LogP contribution in [0, 0.1) is 18.3 Å². The predicted octanol–water partition coefficient (Wildman–Crippen LogP) is 0.849. The molecule has 2 rings (SSSR count). The van der Waals surface area contributed by atoms with E-state index in [1.807, 2.05) is 13.1 Å². The van der Waals surface area contributed by atoms with E-state index in [9.17, 15) is 8.42 Å². The molecule has 0 aromatic heterocycles. The lowest BCUT2D eigenvalue weighted by atomic mass is 10.2. The van der Waals surface area contributed by atoms with E-state index in [0.717, 1.165) is 19.5 Å². The molecule has 1 N–H and O–H groups in total. The number of benzene rings is 1. The van der Waals surface area contributed by atoms with Crippen LogP contribution in [0.15, 0.2) is 23.1 Å². The molecule has 1 aliphatic rings. The molecule has 102 valence electrons. The minimum Gasteiger partial charge on any atom is -0.305 e. The highest BCUT2D eigenvalue weighted by Gasteiger charge is 2.26. The SMILES string of the molecule is Cc1ccc(C#N)cc1S(=O)(=O)NC1CCN(C)C1. The maximum atomic E-state index is 12.3. The monoisotopic (exact) mass is 279 g/mol. The molecule has 0 amide bonds. The topological polar surface area (TPSA) is 73.2 Å². The summed E-state index contributed by atoms with van der Waals surface area (Å²) < 4.78 is 27.4. The van der Waals surface area contributed by atoms with Crippen molar-refractivity contribution >= 4 is 10.0 Å². The maximum Gasteiger partial charge on any atom is 0.241 e. The van der Waals surface area contributed by atoms with Gasteiger partial charge in [0, 0.05) is 12.6 Å². The van der Waals surface area contributed by atoms with Gasteiger partial charge < -0.3 is 4.90 Å². The van der Waals surface area contributed by atoms with Gasteiger partial charge in [-0.3, -0.25) is 0 Å². The van der Waals surface area contributed by atoms with Crippen LogP contribution in [-0.4, -0.2) is 39.5 Å². The summed E-state index contributed by atoms with van der Waals surface area (Å²) in [5, 5.41) is 8.87. The lowest BCUT2D eigenvalue weighted by Gasteiger charge is -2.14. The quantitative estimate of drug-likeness (QED) is 0.890. The number of hydrogen-bond donors (Lipinski definition) is 1. The van der Waals surface area contributed by atoms with Gasteiger partial charge in [0.15, 0.2) is 0 Å². The second kappa shape index (κ2) is 5.29. The Balaban J connectivity index is 2.27. The van der Waals surface area contributed by atoms with Crippen molar-refractivity contribution in [3.05, 3.63) is 29.3 Å². The Labute approximate surface area is 113 Å². The zero-order chi connectivity index (χ0) is 14.0. The molecule has 6 heteroatoms. The summed E-state index contributed by atoms with van der Waals surface area (Å²) in [6.07, 6.45) is 0.812. The van der Waals surface area contributed by atoms with Crippen LogP contribution >= 0.6 is 0 Å². The summed E-state index contributed by atoms with van der Waals surface area (Å²) in [6, 6.07) is 6.62. The van der Waals surface area contributed by atoms with Gasteiger partial charge in [-0.05, 0) is 44.6 Å². The molecule has 0 aliphatic carbocycles. The van der Waals surface area contributed by atoms with Crippen LogP contribution in [-0.2, 0) is 10.0 Å². The van der Waals surface area contributed by atoms with E-state index in [1.165, 1.54) is 6.07 Å². The average molecular weight is 279 g/mol. The fourth-order valence-electron chi connectivity index (χ4n) is 2.27. The molecule has 5 nitrogen and oxygen atoms in total. The van der Waals surface area contributed by atoms with Crippen molar-refractivity contribution in [1.29, 1.82) is 5.26 Å². The first kappa shape index (κ1) is 14.0. The van der Waals surface area contributed by atoms with Gasteiger partial charge in [-0.1, -0.05) is 6.07 Å². The molecule has 0 saturated carbocycles. The van der Waals surface area contributed by atoms with Gasteiger partial charge in [0.1, 0.15) is 0 Å². The number of sulfonamides is 1. The van der Waals surface area contributed by atoms with Gasteiger partial charge in [-0.2, -0.15) is 5.26 Å². The summed E-state index contributed by atoms with van der Waals surface area (Å²) in [6.45, 7) is 3.34. The number of nitrogens with one attached hydrogen (secondary N) is 1. The largest absolute Gasteiger partial charge is 0.305 e. The molecule has 19 heavy (non-hydrogen) atoms. The first-order valence-electron chi connectivity index (χ1n) is 6.14. The highest BCUT2D eigenvalue weighted by Crippen LogP contribution is 2.18. The number of hydrogen-bond acceptors (Lipinski definition) is 4. The van der Waals surface area contributed by atoms with Crippen LogP contribution in [0.5, 0.6) is 0 Å². The van der Waals surface area contributed by atoms with Crippen LogP contribution in [0.25, 0.3) is 0 Å². The third-order valence-electron chi connectivity index (χ3n) is 3.32. The number of nitriles is 1. The molecule has 0 bridgehead atoms. The van der Waals surface area contributed by atoms with E-state index in [-0.39, 0.29) is 10.9 Å². The smallest absolute Gasteiger partial charge is 0.241 e. The van der Waals surface area contributed by atoms with Crippen molar-refractivity contribution in [3.63, 3.8) is 0 Å². The fourth-order valence-corrected chi connectivity index (χ4v) is 3.81. The first-order chi connectivity index (χ1) is 8.92. The summed E-state index contributed by atoms with van der Waals surface area (Å²) in [4.78, 5) is 2.28. The van der Waals surface area contributed by atoms with Crippen molar-refractivity contribution in [3.8, 4) is 6.07 Å². The highest BCUT2D eigenvalue weighted by atomic mass is 32.2. The summed E-state index contributed by atoms with van der Waals surface area (Å²) in [5.41, 5.74) is 1.01. The second-order valence-corrected chi connectivity index (χ2v) is 6.64. The van der Waals surface area contributed by atoms with Gasteiger partial charge in [0.2, 0.25) is 10.0 Å². The molecular formula is C13H17N3O2S. The number of likely N-dealkylation sites (N-methyl/N-ethyl adjacent to an activating group) is 1. The van der Waals surface area contributed by atoms with Crippen molar-refractivity contribution in [2.75, 3.05) is 20.1 Å². The van der Waals surface area contributed by atoms with Crippen molar-refractivity contribution in [2.24, 2.45) is 0 Å². The molecule has 1 unspecified atom stereocenters. The minimum absolute atomic E-state index is 0.0554. The summed E-state index contributed by atoms with van der Waals surface area (Å²) >= 11 is 0. The standard InChI is InChI=1S/C13H17N3O2S/c1-10-3-4-11(8-14)7-13(10)19(17,18)15-12-5-6-16(2)9-12/h3-4,7,12,15H,5-6,9H2,1-2H3. The maximum absolute atomic E-state index is 12.3. The number of rotatable bonds is 3. The Kier molecular flexibility index (Phi) is 3.90. The molecule has 1 atom stereocenters. The lowest BCUT2D eigenvalue weighted by molar-refractivity contribution is 0.407. The van der Waals surface area contributed by atoms with E-state index in [1.54, 1.807) is 19.1 Å². The molecular weight excluding hydrogens is 262 g/mol. The van der Waals surface area contributed by atoms with Crippen molar-refractivity contribution < 1.29 is 8.42 Å². The Morgan fingerprint density at radius 3 is 2.79 bits per heavy atom. The Morgan fingerprint density at radius 2 is 2.21 bits per heavy atom. The van der Waals surface area contributed by atoms with Gasteiger partial charge in [0.05, 0.1) is 16.5 Å². The third-order valence-corrected chi connectivity index (χ3v) is 4.98. The van der Waals surface area contributed by atoms with Crippen LogP contribution in [0.3, 0.4) is 0 Å². The molecule has 1 saturated heterocycles. The number of nitrogens with zero attached hydrogens (tertiary/aromatic N) is 2. The van der Waals surface area contributed by atoms with E-state index in [0.29, 0.717) is 11.1 Å². The molecule has 1 aromatic rings. The molecule has 1 heterocycles. The minimum atomic E-state index is -3.56. The van der Waals surface area contributed by atoms with E-state index in [2.05, 4.69) is 9.62 Å². The lowest BCUT2D eigenvalue weighted by Crippen LogP contribution is -2.36. The van der Waals surface area contributed by atoms with Crippen LogP contribution in [0.1, 0.15) is 17.5 Å². The average Bonchev–Trinajstić information content (AvgIpc) is 2.74. The van der Waals surface area contributed by atoms with E-state index < -0.39 is 10.0 Å². The van der Waals surface area contributed by atoms with Gasteiger partial charge in [-0.15, -0.1) is 0 Å². The van der Waals surface area contributed by atoms with Crippen LogP contribution < -0.4 is 4.72 Å². The predicted molar refractivity (Wildman–Crippen MR) is 72.1 cm³/mol. The zero-order valence-electron chi connectivity index (χ0n) is 11.0. The third kappa shape index (κ3) is 3.13. The second-order valence-electron chi connectivity index (χ2n) is 4.96. The van der Waals surface area contributed by atoms with E-state index >= 15 is 0 Å². The van der Waals surface area contributed by atoms with Gasteiger partial charge in [0.25, 0.3) is 0 Å². The molecule has 0 radical (unpaired) electrons. The Bertz CT molecular complexity index is 619. The Hall–Kier alpha value is -1.42. The molecule has 1 aromatic carbocycles. The molecule has 1 fully saturated rings. The number of likely N-dealkylation sites (tertiary alicyclic amines) is 1. The Morgan fingerprint density at radius 1 is 1.47 bits per heavy atom. The van der Waals surface area contributed by atoms with Crippen molar-refractivity contribution in [1.82, 2.24) is 9.62 Å². The van der Waals surface area contributed by atoms with E-state index in [4.69, 9.17) is 5.26 Å². The normalized spacial score (nSPS) is 20.4. The highest BCUT2D eigenvalue weighted by molar-refractivity contribution is 7.89. The van der Waals surface area contributed by atoms with Gasteiger partial charge in [-0.25, -0.2) is 13.1 Å². The fraction of sp³-hybridized carbons (Fsp3) is 0.462. The van der Waals surface area contributed by atoms with Crippen LogP contribution in [0.2, 0.25) is 0 Å². The van der Waals surface area contributed by atoms with Crippen molar-refractivity contribution in [2.45, 2.75) is 24.3 Å². The molecule has 0 spiro atoms. The zero-order valence-corrected chi connectivity index (χ0v) is 11.9. The first-order valence-corrected chi connectivity index (χ1v) is 7.62.